The number of carbonyl (C=O) groups is 1. The second-order valence-corrected chi connectivity index (χ2v) is 7.68. The first-order valence-corrected chi connectivity index (χ1v) is 9.53. The highest BCUT2D eigenvalue weighted by Crippen LogP contribution is 2.35. The number of aryl methyl sites for hydroxylation is 2. The van der Waals surface area contributed by atoms with Gasteiger partial charge in [0.1, 0.15) is 0 Å². The van der Waals surface area contributed by atoms with Crippen LogP contribution >= 0.6 is 11.3 Å². The Kier molecular flexibility index (Phi) is 6.17. The van der Waals surface area contributed by atoms with Crippen molar-refractivity contribution in [1.82, 2.24) is 0 Å². The van der Waals surface area contributed by atoms with Crippen LogP contribution in [-0.2, 0) is 12.8 Å². The Bertz CT molecular complexity index is 679. The molecule has 1 nitrogen and oxygen atoms in total. The molecule has 0 fully saturated rings. The van der Waals surface area contributed by atoms with Gasteiger partial charge in [-0.25, -0.2) is 0 Å². The number of rotatable bonds is 3. The maximum Gasteiger partial charge on any atom is 0.160 e. The largest absolute Gasteiger partial charge is 0.294 e. The van der Waals surface area contributed by atoms with Crippen molar-refractivity contribution in [3.63, 3.8) is 0 Å². The Hall–Kier alpha value is -1.41. The number of carbonyl (C=O) groups excluding carboxylic acids is 1. The molecule has 1 aliphatic carbocycles. The van der Waals surface area contributed by atoms with E-state index in [0.29, 0.717) is 0 Å². The Labute approximate surface area is 144 Å². The zero-order valence-corrected chi connectivity index (χ0v) is 15.8. The molecule has 2 heteroatoms. The lowest BCUT2D eigenvalue weighted by Gasteiger charge is -2.05. The van der Waals surface area contributed by atoms with E-state index in [-0.39, 0.29) is 5.78 Å². The molecule has 0 atom stereocenters. The summed E-state index contributed by atoms with van der Waals surface area (Å²) in [5, 5.41) is 1.99. The zero-order chi connectivity index (χ0) is 17.0. The molecule has 0 saturated carbocycles. The van der Waals surface area contributed by atoms with Gasteiger partial charge in [-0.05, 0) is 61.3 Å². The number of hydrogen-bond donors (Lipinski definition) is 0. The second-order valence-electron chi connectivity index (χ2n) is 6.80. The number of benzene rings is 1. The lowest BCUT2D eigenvalue weighted by atomic mass is 10.0. The second kappa shape index (κ2) is 7.92. The van der Waals surface area contributed by atoms with Crippen molar-refractivity contribution in [2.24, 2.45) is 5.92 Å². The van der Waals surface area contributed by atoms with Crippen molar-refractivity contribution in [3.05, 3.63) is 45.8 Å². The summed E-state index contributed by atoms with van der Waals surface area (Å²) in [7, 11) is 0. The monoisotopic (exact) mass is 328 g/mol. The lowest BCUT2D eigenvalue weighted by Crippen LogP contribution is -1.92. The number of Topliss-reactive ketones (excluding diaryl/α,β-unsaturated/α-hetero) is 1. The van der Waals surface area contributed by atoms with Crippen LogP contribution in [0.2, 0.25) is 0 Å². The molecule has 2 aromatic rings. The van der Waals surface area contributed by atoms with Crippen molar-refractivity contribution >= 4 is 17.1 Å². The SMILES string of the molecule is CC(=O)c1csc(-c2ccc3c(c2)CCC3)c1C.CCC(C)C. The summed E-state index contributed by atoms with van der Waals surface area (Å²) < 4.78 is 0. The van der Waals surface area contributed by atoms with E-state index in [9.17, 15) is 4.79 Å². The van der Waals surface area contributed by atoms with Crippen LogP contribution in [0.15, 0.2) is 23.6 Å². The van der Waals surface area contributed by atoms with Gasteiger partial charge in [0.25, 0.3) is 0 Å². The molecule has 0 bridgehead atoms. The average Bonchev–Trinajstić information content (AvgIpc) is 3.13. The van der Waals surface area contributed by atoms with Gasteiger partial charge in [0, 0.05) is 15.8 Å². The number of ketones is 1. The lowest BCUT2D eigenvalue weighted by molar-refractivity contribution is 0.101. The summed E-state index contributed by atoms with van der Waals surface area (Å²) in [5.74, 6) is 1.05. The molecule has 1 aromatic carbocycles. The van der Waals surface area contributed by atoms with Crippen LogP contribution in [0.3, 0.4) is 0 Å². The van der Waals surface area contributed by atoms with Gasteiger partial charge in [0.2, 0.25) is 0 Å². The molecule has 0 unspecified atom stereocenters. The molecule has 124 valence electrons. The topological polar surface area (TPSA) is 17.1 Å². The van der Waals surface area contributed by atoms with Gasteiger partial charge in [-0.15, -0.1) is 11.3 Å². The normalized spacial score (nSPS) is 12.8. The first-order chi connectivity index (χ1) is 10.9. The van der Waals surface area contributed by atoms with Gasteiger partial charge < -0.3 is 0 Å². The summed E-state index contributed by atoms with van der Waals surface area (Å²) >= 11 is 1.68. The zero-order valence-electron chi connectivity index (χ0n) is 15.0. The Balaban J connectivity index is 0.000000338. The van der Waals surface area contributed by atoms with E-state index in [1.54, 1.807) is 18.3 Å². The summed E-state index contributed by atoms with van der Waals surface area (Å²) in [4.78, 5) is 12.8. The predicted octanol–water partition coefficient (Wildman–Crippen LogP) is 6.47. The quantitative estimate of drug-likeness (QED) is 0.590. The molecule has 1 aromatic heterocycles. The fourth-order valence-corrected chi connectivity index (χ4v) is 3.89. The summed E-state index contributed by atoms with van der Waals surface area (Å²) in [6, 6.07) is 6.77. The highest BCUT2D eigenvalue weighted by molar-refractivity contribution is 7.14. The van der Waals surface area contributed by atoms with E-state index in [1.165, 1.54) is 47.3 Å². The van der Waals surface area contributed by atoms with Gasteiger partial charge >= 0.3 is 0 Å². The molecule has 0 N–H and O–H groups in total. The van der Waals surface area contributed by atoms with E-state index in [2.05, 4.69) is 45.9 Å². The van der Waals surface area contributed by atoms with Crippen molar-refractivity contribution in [3.8, 4) is 10.4 Å². The van der Waals surface area contributed by atoms with Crippen molar-refractivity contribution in [2.45, 2.75) is 60.3 Å². The van der Waals surface area contributed by atoms with E-state index in [4.69, 9.17) is 0 Å². The summed E-state index contributed by atoms with van der Waals surface area (Å²) in [6.07, 6.45) is 5.01. The van der Waals surface area contributed by atoms with E-state index in [1.807, 2.05) is 5.38 Å². The van der Waals surface area contributed by atoms with Crippen LogP contribution < -0.4 is 0 Å². The van der Waals surface area contributed by atoms with Gasteiger partial charge in [0.05, 0.1) is 0 Å². The van der Waals surface area contributed by atoms with E-state index in [0.717, 1.165) is 17.0 Å². The summed E-state index contributed by atoms with van der Waals surface area (Å²) in [6.45, 7) is 10.3. The molecule has 1 heterocycles. The molecule has 23 heavy (non-hydrogen) atoms. The first-order valence-electron chi connectivity index (χ1n) is 8.65. The fraction of sp³-hybridized carbons (Fsp3) is 0.476. The molecule has 3 rings (SSSR count). The molecule has 0 spiro atoms. The fourth-order valence-electron chi connectivity index (χ4n) is 2.76. The minimum Gasteiger partial charge on any atom is -0.294 e. The minimum atomic E-state index is 0.163. The van der Waals surface area contributed by atoms with Crippen molar-refractivity contribution in [2.75, 3.05) is 0 Å². The third-order valence-corrected chi connectivity index (χ3v) is 5.73. The smallest absolute Gasteiger partial charge is 0.160 e. The molecule has 0 radical (unpaired) electrons. The van der Waals surface area contributed by atoms with Crippen LogP contribution in [0.5, 0.6) is 0 Å². The maximum absolute atomic E-state index is 11.5. The minimum absolute atomic E-state index is 0.163. The van der Waals surface area contributed by atoms with Gasteiger partial charge in [-0.3, -0.25) is 4.79 Å². The average molecular weight is 329 g/mol. The van der Waals surface area contributed by atoms with E-state index >= 15 is 0 Å². The highest BCUT2D eigenvalue weighted by atomic mass is 32.1. The molecule has 1 aliphatic rings. The standard InChI is InChI=1S/C16H16OS.C5H12/c1-10-15(11(2)17)9-18-16(10)14-7-6-12-4-3-5-13(12)8-14;1-4-5(2)3/h6-9H,3-5H2,1-2H3;5H,4H2,1-3H3. The van der Waals surface area contributed by atoms with Crippen LogP contribution in [-0.4, -0.2) is 5.78 Å². The Morgan fingerprint density at radius 3 is 2.43 bits per heavy atom. The molecule has 0 amide bonds. The number of fused-ring (bicyclic) bond motifs is 1. The first kappa shape index (κ1) is 17.9. The van der Waals surface area contributed by atoms with E-state index < -0.39 is 0 Å². The number of hydrogen-bond acceptors (Lipinski definition) is 2. The molecule has 0 aliphatic heterocycles. The highest BCUT2D eigenvalue weighted by Gasteiger charge is 2.15. The molecular formula is C21H28OS. The third kappa shape index (κ3) is 4.32. The number of thiophene rings is 1. The Morgan fingerprint density at radius 1 is 1.22 bits per heavy atom. The third-order valence-electron chi connectivity index (χ3n) is 4.60. The van der Waals surface area contributed by atoms with Crippen LogP contribution in [0.1, 0.15) is 67.6 Å². The molecule has 0 saturated heterocycles. The van der Waals surface area contributed by atoms with Crippen LogP contribution in [0.25, 0.3) is 10.4 Å². The summed E-state index contributed by atoms with van der Waals surface area (Å²) in [5.41, 5.74) is 6.26. The maximum atomic E-state index is 11.5. The van der Waals surface area contributed by atoms with Gasteiger partial charge in [-0.1, -0.05) is 45.4 Å². The van der Waals surface area contributed by atoms with Crippen molar-refractivity contribution in [1.29, 1.82) is 0 Å². The Morgan fingerprint density at radius 2 is 1.87 bits per heavy atom. The molecular weight excluding hydrogens is 300 g/mol. The predicted molar refractivity (Wildman–Crippen MR) is 102 cm³/mol. The van der Waals surface area contributed by atoms with Gasteiger partial charge in [-0.2, -0.15) is 0 Å². The van der Waals surface area contributed by atoms with Crippen molar-refractivity contribution < 1.29 is 4.79 Å². The van der Waals surface area contributed by atoms with Crippen LogP contribution in [0, 0.1) is 12.8 Å². The van der Waals surface area contributed by atoms with Crippen LogP contribution in [0.4, 0.5) is 0 Å². The van der Waals surface area contributed by atoms with Gasteiger partial charge in [0.15, 0.2) is 5.78 Å².